The number of halogens is 1. The lowest BCUT2D eigenvalue weighted by Gasteiger charge is -2.40. The van der Waals surface area contributed by atoms with Gasteiger partial charge in [0.1, 0.15) is 5.82 Å². The summed E-state index contributed by atoms with van der Waals surface area (Å²) in [6.07, 6.45) is 6.66. The van der Waals surface area contributed by atoms with Crippen LogP contribution in [0.3, 0.4) is 0 Å². The number of aromatic nitrogens is 2. The minimum absolute atomic E-state index is 0.0629. The number of pyridine rings is 2. The topological polar surface area (TPSA) is 46.1 Å². The number of aryl methyl sites for hydroxylation is 2. The minimum Gasteiger partial charge on any atom is -0.335 e. The van der Waals surface area contributed by atoms with Crippen LogP contribution >= 0.6 is 0 Å². The molecule has 0 N–H and O–H groups in total. The quantitative estimate of drug-likeness (QED) is 0.553. The Balaban J connectivity index is 1.61. The molecule has 31 heavy (non-hydrogen) atoms. The fourth-order valence-electron chi connectivity index (χ4n) is 4.53. The van der Waals surface area contributed by atoms with Crippen LogP contribution in [0.1, 0.15) is 47.8 Å². The summed E-state index contributed by atoms with van der Waals surface area (Å²) in [5.74, 6) is 0.141. The second-order valence-corrected chi connectivity index (χ2v) is 8.46. The van der Waals surface area contributed by atoms with Gasteiger partial charge in [0, 0.05) is 35.6 Å². The summed E-state index contributed by atoms with van der Waals surface area (Å²) in [5, 5.41) is 0. The highest BCUT2D eigenvalue weighted by Crippen LogP contribution is 2.31. The van der Waals surface area contributed by atoms with Gasteiger partial charge in [0.15, 0.2) is 0 Å². The number of hydrogen-bond acceptors (Lipinski definition) is 3. The van der Waals surface area contributed by atoms with Crippen LogP contribution in [0.5, 0.6) is 0 Å². The van der Waals surface area contributed by atoms with Crippen LogP contribution in [-0.2, 0) is 6.42 Å². The standard InChI is InChI=1S/C26H28FN3O/c1-18-8-12-22(24-7-3-4-14-28-24)23(16-18)26(31)30-15-5-6-19(2)25(30)13-11-21-10-9-20(27)17-29-21/h3-4,7-10,12,14,16-17,19,25H,5-6,11,13,15H2,1-2H3/t19-,25-/m1/s1. The highest BCUT2D eigenvalue weighted by Gasteiger charge is 2.33. The summed E-state index contributed by atoms with van der Waals surface area (Å²) < 4.78 is 13.2. The molecule has 1 fully saturated rings. The molecule has 3 heterocycles. The van der Waals surface area contributed by atoms with Crippen LogP contribution in [0.2, 0.25) is 0 Å². The Bertz CT molecular complexity index is 1040. The molecule has 0 radical (unpaired) electrons. The molecule has 4 rings (SSSR count). The van der Waals surface area contributed by atoms with Gasteiger partial charge in [-0.2, -0.15) is 0 Å². The van der Waals surface area contributed by atoms with E-state index >= 15 is 0 Å². The van der Waals surface area contributed by atoms with Crippen molar-refractivity contribution in [2.45, 2.75) is 45.6 Å². The van der Waals surface area contributed by atoms with E-state index in [9.17, 15) is 9.18 Å². The Labute approximate surface area is 183 Å². The van der Waals surface area contributed by atoms with E-state index in [1.807, 2.05) is 48.2 Å². The highest BCUT2D eigenvalue weighted by atomic mass is 19.1. The number of likely N-dealkylation sites (tertiary alicyclic amines) is 1. The van der Waals surface area contributed by atoms with Gasteiger partial charge < -0.3 is 4.90 Å². The summed E-state index contributed by atoms with van der Waals surface area (Å²) in [4.78, 5) is 24.5. The first kappa shape index (κ1) is 21.2. The maximum Gasteiger partial charge on any atom is 0.254 e. The van der Waals surface area contributed by atoms with Crippen LogP contribution in [-0.4, -0.2) is 33.4 Å². The Morgan fingerprint density at radius 1 is 1.16 bits per heavy atom. The van der Waals surface area contributed by atoms with Crippen LogP contribution in [0.15, 0.2) is 60.9 Å². The molecule has 1 amide bonds. The molecule has 0 saturated carbocycles. The second kappa shape index (κ2) is 9.38. The fraction of sp³-hybridized carbons (Fsp3) is 0.346. The molecule has 0 unspecified atom stereocenters. The van der Waals surface area contributed by atoms with Crippen molar-refractivity contribution < 1.29 is 9.18 Å². The third kappa shape index (κ3) is 4.82. The van der Waals surface area contributed by atoms with Gasteiger partial charge in [-0.15, -0.1) is 0 Å². The van der Waals surface area contributed by atoms with E-state index in [0.29, 0.717) is 11.5 Å². The predicted molar refractivity (Wildman–Crippen MR) is 120 cm³/mol. The van der Waals surface area contributed by atoms with E-state index in [-0.39, 0.29) is 17.8 Å². The molecular weight excluding hydrogens is 389 g/mol. The van der Waals surface area contributed by atoms with E-state index < -0.39 is 0 Å². The van der Waals surface area contributed by atoms with Crippen molar-refractivity contribution in [3.63, 3.8) is 0 Å². The number of rotatable bonds is 5. The fourth-order valence-corrected chi connectivity index (χ4v) is 4.53. The van der Waals surface area contributed by atoms with Gasteiger partial charge in [0.05, 0.1) is 11.9 Å². The van der Waals surface area contributed by atoms with Crippen molar-refractivity contribution in [1.29, 1.82) is 0 Å². The molecule has 0 aliphatic carbocycles. The first-order valence-corrected chi connectivity index (χ1v) is 11.0. The zero-order valence-corrected chi connectivity index (χ0v) is 18.1. The van der Waals surface area contributed by atoms with Crippen LogP contribution in [0, 0.1) is 18.7 Å². The van der Waals surface area contributed by atoms with Gasteiger partial charge in [0.25, 0.3) is 5.91 Å². The molecule has 5 heteroatoms. The van der Waals surface area contributed by atoms with Crippen molar-refractivity contribution >= 4 is 5.91 Å². The molecule has 2 atom stereocenters. The predicted octanol–water partition coefficient (Wildman–Crippen LogP) is 5.46. The van der Waals surface area contributed by atoms with E-state index in [1.54, 1.807) is 12.3 Å². The van der Waals surface area contributed by atoms with Crippen molar-refractivity contribution in [1.82, 2.24) is 14.9 Å². The molecule has 0 spiro atoms. The molecule has 1 saturated heterocycles. The van der Waals surface area contributed by atoms with Gasteiger partial charge in [-0.1, -0.05) is 30.7 Å². The summed E-state index contributed by atoms with van der Waals surface area (Å²) in [7, 11) is 0. The summed E-state index contributed by atoms with van der Waals surface area (Å²) >= 11 is 0. The van der Waals surface area contributed by atoms with Crippen LogP contribution in [0.4, 0.5) is 4.39 Å². The van der Waals surface area contributed by atoms with Gasteiger partial charge in [-0.05, 0) is 68.9 Å². The third-order valence-electron chi connectivity index (χ3n) is 6.21. The van der Waals surface area contributed by atoms with Gasteiger partial charge >= 0.3 is 0 Å². The van der Waals surface area contributed by atoms with Gasteiger partial charge in [-0.3, -0.25) is 14.8 Å². The van der Waals surface area contributed by atoms with Crippen molar-refractivity contribution in [2.24, 2.45) is 5.92 Å². The first-order chi connectivity index (χ1) is 15.0. The first-order valence-electron chi connectivity index (χ1n) is 11.0. The Kier molecular flexibility index (Phi) is 6.40. The molecule has 160 valence electrons. The van der Waals surface area contributed by atoms with E-state index in [4.69, 9.17) is 0 Å². The lowest BCUT2D eigenvalue weighted by atomic mass is 9.86. The van der Waals surface area contributed by atoms with Crippen molar-refractivity contribution in [3.8, 4) is 11.3 Å². The number of hydrogen-bond donors (Lipinski definition) is 0. The monoisotopic (exact) mass is 417 g/mol. The van der Waals surface area contributed by atoms with Crippen LogP contribution < -0.4 is 0 Å². The molecule has 1 aliphatic rings. The number of piperidine rings is 1. The average molecular weight is 418 g/mol. The molecule has 4 nitrogen and oxygen atoms in total. The average Bonchev–Trinajstić information content (AvgIpc) is 2.79. The number of amides is 1. The summed E-state index contributed by atoms with van der Waals surface area (Å²) in [6, 6.07) is 15.1. The summed E-state index contributed by atoms with van der Waals surface area (Å²) in [5.41, 5.74) is 4.30. The van der Waals surface area contributed by atoms with E-state index in [2.05, 4.69) is 16.9 Å². The van der Waals surface area contributed by atoms with Gasteiger partial charge in [0.2, 0.25) is 0 Å². The van der Waals surface area contributed by atoms with Crippen molar-refractivity contribution in [2.75, 3.05) is 6.54 Å². The minimum atomic E-state index is -0.326. The molecule has 2 aromatic heterocycles. The normalized spacial score (nSPS) is 18.7. The number of benzene rings is 1. The Morgan fingerprint density at radius 2 is 2.03 bits per heavy atom. The second-order valence-electron chi connectivity index (χ2n) is 8.46. The largest absolute Gasteiger partial charge is 0.335 e. The van der Waals surface area contributed by atoms with E-state index in [1.165, 1.54) is 12.3 Å². The zero-order chi connectivity index (χ0) is 21.8. The molecule has 3 aromatic rings. The molecule has 1 aliphatic heterocycles. The van der Waals surface area contributed by atoms with Gasteiger partial charge in [-0.25, -0.2) is 4.39 Å². The van der Waals surface area contributed by atoms with E-state index in [0.717, 1.165) is 54.7 Å². The number of nitrogens with zero attached hydrogens (tertiary/aromatic N) is 3. The van der Waals surface area contributed by atoms with Crippen LogP contribution in [0.25, 0.3) is 11.3 Å². The third-order valence-corrected chi connectivity index (χ3v) is 6.21. The molecule has 1 aromatic carbocycles. The SMILES string of the molecule is Cc1ccc(-c2ccccn2)c(C(=O)N2CCC[C@@H](C)[C@H]2CCc2ccc(F)cn2)c1. The number of carbonyl (C=O) groups is 1. The maximum absolute atomic E-state index is 13.8. The number of carbonyl (C=O) groups excluding carboxylic acids is 1. The maximum atomic E-state index is 13.8. The molecule has 0 bridgehead atoms. The highest BCUT2D eigenvalue weighted by molar-refractivity contribution is 6.01. The Hall–Kier alpha value is -3.08. The Morgan fingerprint density at radius 3 is 2.77 bits per heavy atom. The van der Waals surface area contributed by atoms with Crippen molar-refractivity contribution in [3.05, 3.63) is 83.6 Å². The lowest BCUT2D eigenvalue weighted by Crippen LogP contribution is -2.48. The summed E-state index contributed by atoms with van der Waals surface area (Å²) in [6.45, 7) is 4.98. The lowest BCUT2D eigenvalue weighted by molar-refractivity contribution is 0.0499. The zero-order valence-electron chi connectivity index (χ0n) is 18.1. The smallest absolute Gasteiger partial charge is 0.254 e. The molecular formula is C26H28FN3O.